The number of benzene rings is 1. The Labute approximate surface area is 137 Å². The highest BCUT2D eigenvalue weighted by Gasteiger charge is 2.37. The third kappa shape index (κ3) is 3.74. The average Bonchev–Trinajstić information content (AvgIpc) is 3.00. The minimum absolute atomic E-state index is 0. The minimum atomic E-state index is 0. The fraction of sp³-hybridized carbons (Fsp3) is 0.562. The van der Waals surface area contributed by atoms with Crippen molar-refractivity contribution in [1.82, 2.24) is 10.2 Å². The summed E-state index contributed by atoms with van der Waals surface area (Å²) in [5.74, 6) is 2.23. The first kappa shape index (κ1) is 16.7. The molecule has 2 aliphatic rings. The zero-order valence-corrected chi connectivity index (χ0v) is 14.2. The van der Waals surface area contributed by atoms with Gasteiger partial charge in [-0.2, -0.15) is 0 Å². The number of halogens is 1. The van der Waals surface area contributed by atoms with Crippen LogP contribution in [0.5, 0.6) is 0 Å². The van der Waals surface area contributed by atoms with Gasteiger partial charge >= 0.3 is 0 Å². The van der Waals surface area contributed by atoms with Crippen LogP contribution in [-0.2, 0) is 4.79 Å². The Morgan fingerprint density at radius 3 is 2.62 bits per heavy atom. The van der Waals surface area contributed by atoms with Gasteiger partial charge in [0.25, 0.3) is 0 Å². The summed E-state index contributed by atoms with van der Waals surface area (Å²) in [6, 6.07) is 6.43. The number of rotatable bonds is 3. The molecular weight excluding hydrogens is 304 g/mol. The maximum absolute atomic E-state index is 12.3. The van der Waals surface area contributed by atoms with E-state index in [1.165, 1.54) is 16.0 Å². The summed E-state index contributed by atoms with van der Waals surface area (Å²) in [7, 11) is 0. The number of carbonyl (C=O) groups excluding carboxylic acids is 1. The van der Waals surface area contributed by atoms with Gasteiger partial charge in [0.1, 0.15) is 0 Å². The maximum atomic E-state index is 12.3. The van der Waals surface area contributed by atoms with E-state index >= 15 is 0 Å². The monoisotopic (exact) mass is 326 g/mol. The third-order valence-corrected chi connectivity index (χ3v) is 5.58. The highest BCUT2D eigenvalue weighted by Crippen LogP contribution is 2.28. The van der Waals surface area contributed by atoms with Gasteiger partial charge in [-0.15, -0.1) is 24.2 Å². The van der Waals surface area contributed by atoms with Crippen LogP contribution in [0.1, 0.15) is 11.1 Å². The Hall–Kier alpha value is -0.710. The fourth-order valence-corrected chi connectivity index (χ4v) is 4.18. The number of thioether (sulfide) groups is 1. The number of aryl methyl sites for hydroxylation is 2. The van der Waals surface area contributed by atoms with E-state index < -0.39 is 0 Å². The van der Waals surface area contributed by atoms with Gasteiger partial charge in [0.05, 0.1) is 5.75 Å². The quantitative estimate of drug-likeness (QED) is 0.866. The molecule has 0 aliphatic carbocycles. The van der Waals surface area contributed by atoms with Crippen molar-refractivity contribution in [1.29, 1.82) is 0 Å². The molecule has 0 aromatic heterocycles. The number of nitrogens with zero attached hydrogens (tertiary/aromatic N) is 1. The van der Waals surface area contributed by atoms with Crippen LogP contribution in [0.2, 0.25) is 0 Å². The summed E-state index contributed by atoms with van der Waals surface area (Å²) in [5.41, 5.74) is 2.52. The van der Waals surface area contributed by atoms with Crippen LogP contribution in [0.4, 0.5) is 0 Å². The Bertz CT molecular complexity index is 511. The topological polar surface area (TPSA) is 32.3 Å². The first-order valence-electron chi connectivity index (χ1n) is 7.32. The van der Waals surface area contributed by atoms with Gasteiger partial charge in [-0.1, -0.05) is 17.7 Å². The SMILES string of the molecule is Cc1ccc(C)c(SCC(=O)N2C[C@H]3CNC[C@H]3C2)c1.Cl. The van der Waals surface area contributed by atoms with Gasteiger partial charge in [0, 0.05) is 31.1 Å². The number of nitrogens with one attached hydrogen (secondary N) is 1. The van der Waals surface area contributed by atoms with Crippen molar-refractivity contribution in [3.05, 3.63) is 29.3 Å². The van der Waals surface area contributed by atoms with Crippen molar-refractivity contribution < 1.29 is 4.79 Å². The molecule has 5 heteroatoms. The van der Waals surface area contributed by atoms with E-state index in [1.807, 2.05) is 0 Å². The van der Waals surface area contributed by atoms with Crippen molar-refractivity contribution in [3.8, 4) is 0 Å². The summed E-state index contributed by atoms with van der Waals surface area (Å²) >= 11 is 1.68. The van der Waals surface area contributed by atoms with Crippen LogP contribution >= 0.6 is 24.2 Å². The van der Waals surface area contributed by atoms with E-state index in [4.69, 9.17) is 0 Å². The Kier molecular flexibility index (Phi) is 5.58. The molecule has 0 saturated carbocycles. The molecule has 0 radical (unpaired) electrons. The first-order chi connectivity index (χ1) is 9.63. The van der Waals surface area contributed by atoms with Gasteiger partial charge in [-0.3, -0.25) is 4.79 Å². The zero-order valence-electron chi connectivity index (χ0n) is 12.6. The van der Waals surface area contributed by atoms with Crippen molar-refractivity contribution in [3.63, 3.8) is 0 Å². The predicted molar refractivity (Wildman–Crippen MR) is 90.3 cm³/mol. The smallest absolute Gasteiger partial charge is 0.232 e. The Morgan fingerprint density at radius 2 is 1.95 bits per heavy atom. The molecule has 116 valence electrons. The highest BCUT2D eigenvalue weighted by atomic mass is 35.5. The van der Waals surface area contributed by atoms with Crippen LogP contribution < -0.4 is 5.32 Å². The van der Waals surface area contributed by atoms with E-state index in [-0.39, 0.29) is 12.4 Å². The van der Waals surface area contributed by atoms with Gasteiger partial charge in [-0.25, -0.2) is 0 Å². The minimum Gasteiger partial charge on any atom is -0.341 e. The number of hydrogen-bond acceptors (Lipinski definition) is 3. The van der Waals surface area contributed by atoms with Crippen LogP contribution in [-0.4, -0.2) is 42.7 Å². The molecule has 2 atom stereocenters. The van der Waals surface area contributed by atoms with E-state index in [1.54, 1.807) is 11.8 Å². The summed E-state index contributed by atoms with van der Waals surface area (Å²) in [6.07, 6.45) is 0. The Morgan fingerprint density at radius 1 is 1.29 bits per heavy atom. The lowest BCUT2D eigenvalue weighted by Gasteiger charge is -2.17. The highest BCUT2D eigenvalue weighted by molar-refractivity contribution is 8.00. The zero-order chi connectivity index (χ0) is 14.1. The summed E-state index contributed by atoms with van der Waals surface area (Å²) in [4.78, 5) is 15.6. The molecule has 3 nitrogen and oxygen atoms in total. The van der Waals surface area contributed by atoms with Gasteiger partial charge in [0.15, 0.2) is 0 Å². The van der Waals surface area contributed by atoms with Crippen molar-refractivity contribution >= 4 is 30.1 Å². The molecule has 0 bridgehead atoms. The Balaban J connectivity index is 0.00000161. The third-order valence-electron chi connectivity index (χ3n) is 4.44. The van der Waals surface area contributed by atoms with E-state index in [9.17, 15) is 4.79 Å². The molecule has 2 saturated heterocycles. The second-order valence-electron chi connectivity index (χ2n) is 6.03. The average molecular weight is 327 g/mol. The lowest BCUT2D eigenvalue weighted by atomic mass is 10.0. The second kappa shape index (κ2) is 7.03. The van der Waals surface area contributed by atoms with Crippen LogP contribution in [0.15, 0.2) is 23.1 Å². The standard InChI is InChI=1S/C16H22N2OS.ClH/c1-11-3-4-12(2)15(5-11)20-10-16(19)18-8-13-6-17-7-14(13)9-18;/h3-5,13-14,17H,6-10H2,1-2H3;1H/t13-,14+;. The van der Waals surface area contributed by atoms with Crippen LogP contribution in [0, 0.1) is 25.7 Å². The number of carbonyl (C=O) groups is 1. The molecule has 1 N–H and O–H groups in total. The van der Waals surface area contributed by atoms with Crippen molar-refractivity contribution in [2.45, 2.75) is 18.7 Å². The number of likely N-dealkylation sites (tertiary alicyclic amines) is 1. The molecule has 2 heterocycles. The summed E-state index contributed by atoms with van der Waals surface area (Å²) < 4.78 is 0. The molecule has 21 heavy (non-hydrogen) atoms. The molecule has 0 unspecified atom stereocenters. The molecule has 1 amide bonds. The van der Waals surface area contributed by atoms with E-state index in [2.05, 4.69) is 42.3 Å². The number of hydrogen-bond donors (Lipinski definition) is 1. The predicted octanol–water partition coefficient (Wildman–Crippen LogP) is 2.50. The first-order valence-corrected chi connectivity index (χ1v) is 8.30. The van der Waals surface area contributed by atoms with E-state index in [0.717, 1.165) is 26.2 Å². The van der Waals surface area contributed by atoms with Gasteiger partial charge in [0.2, 0.25) is 5.91 Å². The summed E-state index contributed by atoms with van der Waals surface area (Å²) in [6.45, 7) is 8.27. The molecule has 2 aliphatic heterocycles. The van der Waals surface area contributed by atoms with Gasteiger partial charge < -0.3 is 10.2 Å². The van der Waals surface area contributed by atoms with Gasteiger partial charge in [-0.05, 0) is 37.3 Å². The van der Waals surface area contributed by atoms with Crippen LogP contribution in [0.25, 0.3) is 0 Å². The molecular formula is C16H23ClN2OS. The second-order valence-corrected chi connectivity index (χ2v) is 7.05. The molecule has 0 spiro atoms. The molecule has 2 fully saturated rings. The number of amides is 1. The number of fused-ring (bicyclic) bond motifs is 1. The van der Waals surface area contributed by atoms with Crippen molar-refractivity contribution in [2.75, 3.05) is 31.9 Å². The lowest BCUT2D eigenvalue weighted by Crippen LogP contribution is -2.33. The van der Waals surface area contributed by atoms with E-state index in [0.29, 0.717) is 23.5 Å². The largest absolute Gasteiger partial charge is 0.341 e. The molecule has 1 aromatic carbocycles. The normalized spacial score (nSPS) is 23.8. The fourth-order valence-electron chi connectivity index (χ4n) is 3.15. The molecule has 1 aromatic rings. The van der Waals surface area contributed by atoms with Crippen LogP contribution in [0.3, 0.4) is 0 Å². The summed E-state index contributed by atoms with van der Waals surface area (Å²) in [5, 5.41) is 3.41. The van der Waals surface area contributed by atoms with Crippen molar-refractivity contribution in [2.24, 2.45) is 11.8 Å². The molecule has 3 rings (SSSR count). The lowest BCUT2D eigenvalue weighted by molar-refractivity contribution is -0.127. The maximum Gasteiger partial charge on any atom is 0.232 e.